The predicted molar refractivity (Wildman–Crippen MR) is 68.8 cm³/mol. The fourth-order valence-corrected chi connectivity index (χ4v) is 2.06. The van der Waals surface area contributed by atoms with Gasteiger partial charge in [-0.15, -0.1) is 0 Å². The third-order valence-electron chi connectivity index (χ3n) is 2.64. The summed E-state index contributed by atoms with van der Waals surface area (Å²) in [5, 5.41) is 3.33. The van der Waals surface area contributed by atoms with E-state index in [1.54, 1.807) is 0 Å². The van der Waals surface area contributed by atoms with E-state index in [1.807, 2.05) is 13.1 Å². The van der Waals surface area contributed by atoms with Gasteiger partial charge in [0.25, 0.3) is 0 Å². The molecule has 0 bridgehead atoms. The SMILES string of the molecule is CNC(CC(C)CN)c1cccc(Br)c1. The van der Waals surface area contributed by atoms with Gasteiger partial charge in [0.05, 0.1) is 0 Å². The van der Waals surface area contributed by atoms with Gasteiger partial charge < -0.3 is 11.1 Å². The van der Waals surface area contributed by atoms with Gasteiger partial charge in [0.2, 0.25) is 0 Å². The Morgan fingerprint density at radius 2 is 2.20 bits per heavy atom. The highest BCUT2D eigenvalue weighted by atomic mass is 79.9. The van der Waals surface area contributed by atoms with Gasteiger partial charge in [-0.2, -0.15) is 0 Å². The second-order valence-corrected chi connectivity index (χ2v) is 4.89. The first kappa shape index (κ1) is 12.7. The normalized spacial score (nSPS) is 14.9. The molecule has 0 amide bonds. The Bertz CT molecular complexity index is 301. The number of nitrogens with two attached hydrogens (primary N) is 1. The summed E-state index contributed by atoms with van der Waals surface area (Å²) < 4.78 is 1.13. The van der Waals surface area contributed by atoms with Crippen LogP contribution in [0.4, 0.5) is 0 Å². The maximum absolute atomic E-state index is 5.65. The van der Waals surface area contributed by atoms with Crippen LogP contribution >= 0.6 is 15.9 Å². The van der Waals surface area contributed by atoms with E-state index in [4.69, 9.17) is 5.73 Å². The van der Waals surface area contributed by atoms with Crippen LogP contribution in [0.5, 0.6) is 0 Å². The number of halogens is 1. The summed E-state index contributed by atoms with van der Waals surface area (Å²) in [7, 11) is 1.99. The highest BCUT2D eigenvalue weighted by molar-refractivity contribution is 9.10. The molecular formula is C12H19BrN2. The molecule has 15 heavy (non-hydrogen) atoms. The van der Waals surface area contributed by atoms with Crippen molar-refractivity contribution in [1.29, 1.82) is 0 Å². The zero-order chi connectivity index (χ0) is 11.3. The smallest absolute Gasteiger partial charge is 0.0320 e. The summed E-state index contributed by atoms with van der Waals surface area (Å²) in [6.07, 6.45) is 1.07. The van der Waals surface area contributed by atoms with Crippen molar-refractivity contribution in [3.8, 4) is 0 Å². The van der Waals surface area contributed by atoms with Gasteiger partial charge in [-0.3, -0.25) is 0 Å². The first-order valence-corrected chi connectivity index (χ1v) is 6.09. The Morgan fingerprint density at radius 1 is 1.47 bits per heavy atom. The van der Waals surface area contributed by atoms with Crippen LogP contribution in [0.15, 0.2) is 28.7 Å². The fraction of sp³-hybridized carbons (Fsp3) is 0.500. The largest absolute Gasteiger partial charge is 0.330 e. The second kappa shape index (κ2) is 6.26. The molecule has 0 aliphatic heterocycles. The summed E-state index contributed by atoms with van der Waals surface area (Å²) in [5.41, 5.74) is 6.96. The molecule has 0 aromatic heterocycles. The molecule has 1 aromatic carbocycles. The minimum absolute atomic E-state index is 0.390. The third kappa shape index (κ3) is 3.93. The van der Waals surface area contributed by atoms with E-state index >= 15 is 0 Å². The predicted octanol–water partition coefficient (Wildman–Crippen LogP) is 2.69. The Labute approximate surface area is 100 Å². The Morgan fingerprint density at radius 3 is 2.73 bits per heavy atom. The van der Waals surface area contributed by atoms with Crippen LogP contribution < -0.4 is 11.1 Å². The van der Waals surface area contributed by atoms with Gasteiger partial charge in [0, 0.05) is 10.5 Å². The highest BCUT2D eigenvalue weighted by Gasteiger charge is 2.12. The van der Waals surface area contributed by atoms with Crippen LogP contribution in [0.3, 0.4) is 0 Å². The summed E-state index contributed by atoms with van der Waals surface area (Å²) >= 11 is 3.49. The van der Waals surface area contributed by atoms with Crippen LogP contribution in [0, 0.1) is 5.92 Å². The summed E-state index contributed by atoms with van der Waals surface area (Å²) in [6, 6.07) is 8.81. The number of hydrogen-bond acceptors (Lipinski definition) is 2. The van der Waals surface area contributed by atoms with Crippen molar-refractivity contribution in [2.45, 2.75) is 19.4 Å². The number of nitrogens with one attached hydrogen (secondary N) is 1. The minimum atomic E-state index is 0.390. The third-order valence-corrected chi connectivity index (χ3v) is 3.13. The maximum Gasteiger partial charge on any atom is 0.0320 e. The second-order valence-electron chi connectivity index (χ2n) is 3.97. The number of benzene rings is 1. The molecule has 1 rings (SSSR count). The van der Waals surface area contributed by atoms with Crippen molar-refractivity contribution in [1.82, 2.24) is 5.32 Å². The maximum atomic E-state index is 5.65. The molecule has 0 fully saturated rings. The lowest BCUT2D eigenvalue weighted by Crippen LogP contribution is -2.22. The van der Waals surface area contributed by atoms with Gasteiger partial charge in [-0.05, 0) is 43.6 Å². The quantitative estimate of drug-likeness (QED) is 0.864. The van der Waals surface area contributed by atoms with Crippen molar-refractivity contribution in [2.75, 3.05) is 13.6 Å². The van der Waals surface area contributed by atoms with Gasteiger partial charge in [-0.1, -0.05) is 35.0 Å². The van der Waals surface area contributed by atoms with E-state index in [-0.39, 0.29) is 0 Å². The summed E-state index contributed by atoms with van der Waals surface area (Å²) in [4.78, 5) is 0. The standard InChI is InChI=1S/C12H19BrN2/c1-9(8-14)6-12(15-2)10-4-3-5-11(13)7-10/h3-5,7,9,12,15H,6,8,14H2,1-2H3. The highest BCUT2D eigenvalue weighted by Crippen LogP contribution is 2.23. The van der Waals surface area contributed by atoms with Gasteiger partial charge >= 0.3 is 0 Å². The van der Waals surface area contributed by atoms with E-state index in [0.717, 1.165) is 17.4 Å². The van der Waals surface area contributed by atoms with Gasteiger partial charge in [0.15, 0.2) is 0 Å². The molecule has 3 heteroatoms. The molecule has 0 spiro atoms. The molecular weight excluding hydrogens is 252 g/mol. The lowest BCUT2D eigenvalue weighted by atomic mass is 9.96. The Hall–Kier alpha value is -0.380. The average molecular weight is 271 g/mol. The van der Waals surface area contributed by atoms with Gasteiger partial charge in [0.1, 0.15) is 0 Å². The topological polar surface area (TPSA) is 38.0 Å². The van der Waals surface area contributed by atoms with Crippen molar-refractivity contribution in [3.63, 3.8) is 0 Å². The zero-order valence-corrected chi connectivity index (χ0v) is 10.9. The molecule has 0 saturated carbocycles. The van der Waals surface area contributed by atoms with Crippen LogP contribution in [-0.4, -0.2) is 13.6 Å². The molecule has 84 valence electrons. The van der Waals surface area contributed by atoms with Crippen molar-refractivity contribution in [2.24, 2.45) is 11.7 Å². The lowest BCUT2D eigenvalue weighted by molar-refractivity contribution is 0.438. The number of rotatable bonds is 5. The average Bonchev–Trinajstić information content (AvgIpc) is 2.25. The lowest BCUT2D eigenvalue weighted by Gasteiger charge is -2.20. The van der Waals surface area contributed by atoms with Gasteiger partial charge in [-0.25, -0.2) is 0 Å². The molecule has 0 saturated heterocycles. The number of hydrogen-bond donors (Lipinski definition) is 2. The summed E-state index contributed by atoms with van der Waals surface area (Å²) in [6.45, 7) is 2.93. The molecule has 2 atom stereocenters. The molecule has 0 aliphatic carbocycles. The molecule has 3 N–H and O–H groups in total. The van der Waals surface area contributed by atoms with Crippen LogP contribution in [0.2, 0.25) is 0 Å². The molecule has 1 aromatic rings. The van der Waals surface area contributed by atoms with Crippen molar-refractivity contribution in [3.05, 3.63) is 34.3 Å². The van der Waals surface area contributed by atoms with Crippen LogP contribution in [0.25, 0.3) is 0 Å². The minimum Gasteiger partial charge on any atom is -0.330 e. The first-order valence-electron chi connectivity index (χ1n) is 5.30. The fourth-order valence-electron chi connectivity index (χ4n) is 1.64. The van der Waals surface area contributed by atoms with E-state index in [2.05, 4.69) is 46.4 Å². The monoisotopic (exact) mass is 270 g/mol. The van der Waals surface area contributed by atoms with Crippen LogP contribution in [0.1, 0.15) is 24.9 Å². The van der Waals surface area contributed by atoms with Crippen LogP contribution in [-0.2, 0) is 0 Å². The van der Waals surface area contributed by atoms with E-state index in [0.29, 0.717) is 12.0 Å². The molecule has 0 radical (unpaired) electrons. The molecule has 0 aliphatic rings. The summed E-state index contributed by atoms with van der Waals surface area (Å²) in [5.74, 6) is 0.543. The van der Waals surface area contributed by atoms with E-state index in [1.165, 1.54) is 5.56 Å². The zero-order valence-electron chi connectivity index (χ0n) is 9.33. The molecule has 2 unspecified atom stereocenters. The van der Waals surface area contributed by atoms with Crippen molar-refractivity contribution >= 4 is 15.9 Å². The first-order chi connectivity index (χ1) is 7.17. The molecule has 2 nitrogen and oxygen atoms in total. The Kier molecular flexibility index (Phi) is 5.29. The van der Waals surface area contributed by atoms with Crippen molar-refractivity contribution < 1.29 is 0 Å². The van der Waals surface area contributed by atoms with E-state index < -0.39 is 0 Å². The Balaban J connectivity index is 2.73. The van der Waals surface area contributed by atoms with E-state index in [9.17, 15) is 0 Å². The molecule has 0 heterocycles.